The van der Waals surface area contributed by atoms with Crippen molar-refractivity contribution < 1.29 is 0 Å². The SMILES string of the molecule is Brc1ccc(-c2cn[nH]c2)cc1.Cn1ccc(Cn2cc(-c3ccc(Br)cc3)cn2)n1. The van der Waals surface area contributed by atoms with Crippen LogP contribution in [-0.4, -0.2) is 29.8 Å². The highest BCUT2D eigenvalue weighted by Gasteiger charge is 2.04. The highest BCUT2D eigenvalue weighted by Crippen LogP contribution is 2.21. The molecule has 0 aliphatic rings. The fourth-order valence-corrected chi connectivity index (χ4v) is 3.53. The van der Waals surface area contributed by atoms with E-state index < -0.39 is 0 Å². The van der Waals surface area contributed by atoms with Crippen LogP contribution in [0.2, 0.25) is 0 Å². The van der Waals surface area contributed by atoms with E-state index in [4.69, 9.17) is 0 Å². The zero-order chi connectivity index (χ0) is 21.6. The van der Waals surface area contributed by atoms with Gasteiger partial charge in [0.25, 0.3) is 0 Å². The number of hydrogen-bond donors (Lipinski definition) is 1. The molecule has 3 aromatic heterocycles. The van der Waals surface area contributed by atoms with Crippen LogP contribution in [0, 0.1) is 0 Å². The van der Waals surface area contributed by atoms with E-state index in [1.54, 1.807) is 4.68 Å². The maximum atomic E-state index is 4.38. The van der Waals surface area contributed by atoms with Gasteiger partial charge in [-0.1, -0.05) is 56.1 Å². The average Bonchev–Trinajstić information content (AvgIpc) is 3.53. The number of nitrogens with zero attached hydrogens (tertiary/aromatic N) is 5. The summed E-state index contributed by atoms with van der Waals surface area (Å²) in [6, 6.07) is 18.4. The van der Waals surface area contributed by atoms with Crippen molar-refractivity contribution in [2.24, 2.45) is 7.05 Å². The summed E-state index contributed by atoms with van der Waals surface area (Å²) in [6.45, 7) is 0.692. The molecule has 0 aliphatic heterocycles. The molecule has 5 aromatic rings. The van der Waals surface area contributed by atoms with E-state index in [0.717, 1.165) is 31.3 Å². The van der Waals surface area contributed by atoms with Crippen LogP contribution in [0.5, 0.6) is 0 Å². The summed E-state index contributed by atoms with van der Waals surface area (Å²) in [5.41, 5.74) is 5.57. The minimum absolute atomic E-state index is 0.692. The molecule has 0 bridgehead atoms. The number of nitrogens with one attached hydrogen (secondary N) is 1. The van der Waals surface area contributed by atoms with Crippen molar-refractivity contribution in [3.63, 3.8) is 0 Å². The number of hydrogen-bond acceptors (Lipinski definition) is 3. The van der Waals surface area contributed by atoms with E-state index in [0.29, 0.717) is 6.54 Å². The summed E-state index contributed by atoms with van der Waals surface area (Å²) in [6.07, 6.45) is 9.55. The molecule has 0 radical (unpaired) electrons. The molecule has 6 nitrogen and oxygen atoms in total. The zero-order valence-corrected chi connectivity index (χ0v) is 20.0. The zero-order valence-electron chi connectivity index (χ0n) is 16.8. The second-order valence-corrected chi connectivity index (χ2v) is 8.74. The van der Waals surface area contributed by atoms with Crippen molar-refractivity contribution in [3.05, 3.63) is 100 Å². The van der Waals surface area contributed by atoms with Crippen LogP contribution in [0.1, 0.15) is 5.69 Å². The van der Waals surface area contributed by atoms with Gasteiger partial charge in [-0.05, 0) is 41.5 Å². The van der Waals surface area contributed by atoms with Crippen LogP contribution in [0.15, 0.2) is 94.5 Å². The minimum Gasteiger partial charge on any atom is -0.285 e. The number of aromatic nitrogens is 6. The molecule has 2 aromatic carbocycles. The summed E-state index contributed by atoms with van der Waals surface area (Å²) in [5, 5.41) is 15.4. The Morgan fingerprint density at radius 2 is 1.45 bits per heavy atom. The molecule has 0 spiro atoms. The number of rotatable bonds is 4. The fraction of sp³-hybridized carbons (Fsp3) is 0.0870. The number of H-pyrrole nitrogens is 1. The van der Waals surface area contributed by atoms with Crippen molar-refractivity contribution in [2.45, 2.75) is 6.54 Å². The Morgan fingerprint density at radius 3 is 2.00 bits per heavy atom. The van der Waals surface area contributed by atoms with Gasteiger partial charge in [0.2, 0.25) is 0 Å². The van der Waals surface area contributed by atoms with E-state index in [2.05, 4.69) is 76.5 Å². The van der Waals surface area contributed by atoms with Gasteiger partial charge in [-0.25, -0.2) is 0 Å². The first kappa shape index (κ1) is 21.3. The molecular weight excluding hydrogens is 520 g/mol. The first-order valence-corrected chi connectivity index (χ1v) is 11.2. The largest absolute Gasteiger partial charge is 0.285 e. The second kappa shape index (κ2) is 9.89. The van der Waals surface area contributed by atoms with Crippen molar-refractivity contribution in [2.75, 3.05) is 0 Å². The number of benzene rings is 2. The van der Waals surface area contributed by atoms with Gasteiger partial charge in [-0.15, -0.1) is 0 Å². The van der Waals surface area contributed by atoms with Crippen LogP contribution >= 0.6 is 31.9 Å². The predicted molar refractivity (Wildman–Crippen MR) is 129 cm³/mol. The molecule has 0 fully saturated rings. The van der Waals surface area contributed by atoms with Crippen molar-refractivity contribution in [1.29, 1.82) is 0 Å². The van der Waals surface area contributed by atoms with Crippen LogP contribution in [0.4, 0.5) is 0 Å². The molecule has 0 unspecified atom stereocenters. The highest BCUT2D eigenvalue weighted by atomic mass is 79.9. The first-order valence-electron chi connectivity index (χ1n) is 9.58. The lowest BCUT2D eigenvalue weighted by Crippen LogP contribution is -2.01. The Kier molecular flexibility index (Phi) is 6.79. The fourth-order valence-electron chi connectivity index (χ4n) is 3.01. The van der Waals surface area contributed by atoms with E-state index >= 15 is 0 Å². The topological polar surface area (TPSA) is 64.3 Å². The molecule has 3 heterocycles. The first-order chi connectivity index (χ1) is 15.1. The maximum absolute atomic E-state index is 4.38. The second-order valence-electron chi connectivity index (χ2n) is 6.91. The van der Waals surface area contributed by atoms with E-state index in [1.165, 1.54) is 5.56 Å². The van der Waals surface area contributed by atoms with Crippen LogP contribution in [0.3, 0.4) is 0 Å². The molecule has 8 heteroatoms. The standard InChI is InChI=1S/C14H13BrN4.C9H7BrN2/c1-18-7-6-14(17-18)10-19-9-12(8-16-19)11-2-4-13(15)5-3-11;10-9-3-1-7(2-4-9)8-5-11-12-6-8/h2-9H,10H2,1H3;1-6H,(H,11,12). The van der Waals surface area contributed by atoms with E-state index in [-0.39, 0.29) is 0 Å². The Bertz CT molecular complexity index is 1220. The van der Waals surface area contributed by atoms with Crippen molar-refractivity contribution in [1.82, 2.24) is 29.8 Å². The lowest BCUT2D eigenvalue weighted by atomic mass is 10.1. The summed E-state index contributed by atoms with van der Waals surface area (Å²) in [5.74, 6) is 0. The number of aromatic amines is 1. The Labute approximate surface area is 197 Å². The third-order valence-electron chi connectivity index (χ3n) is 4.58. The number of aryl methyl sites for hydroxylation is 1. The van der Waals surface area contributed by atoms with Crippen molar-refractivity contribution >= 4 is 31.9 Å². The van der Waals surface area contributed by atoms with Gasteiger partial charge in [0.05, 0.1) is 24.6 Å². The van der Waals surface area contributed by atoms with Crippen molar-refractivity contribution in [3.8, 4) is 22.3 Å². The molecule has 31 heavy (non-hydrogen) atoms. The summed E-state index contributed by atoms with van der Waals surface area (Å²) >= 11 is 6.82. The Morgan fingerprint density at radius 1 is 0.806 bits per heavy atom. The molecule has 5 rings (SSSR count). The lowest BCUT2D eigenvalue weighted by Gasteiger charge is -1.98. The molecule has 1 N–H and O–H groups in total. The van der Waals surface area contributed by atoms with Gasteiger partial charge in [-0.3, -0.25) is 14.5 Å². The van der Waals surface area contributed by atoms with Crippen LogP contribution in [-0.2, 0) is 13.6 Å². The van der Waals surface area contributed by atoms with Gasteiger partial charge in [0.1, 0.15) is 0 Å². The highest BCUT2D eigenvalue weighted by molar-refractivity contribution is 9.10. The van der Waals surface area contributed by atoms with Gasteiger partial charge >= 0.3 is 0 Å². The number of halogens is 2. The van der Waals surface area contributed by atoms with Crippen LogP contribution in [0.25, 0.3) is 22.3 Å². The summed E-state index contributed by atoms with van der Waals surface area (Å²) < 4.78 is 5.88. The smallest absolute Gasteiger partial charge is 0.0850 e. The molecule has 0 aliphatic carbocycles. The van der Waals surface area contributed by atoms with Gasteiger partial charge in [-0.2, -0.15) is 15.3 Å². The molecule has 0 saturated carbocycles. The van der Waals surface area contributed by atoms with Crippen LogP contribution < -0.4 is 0 Å². The quantitative estimate of drug-likeness (QED) is 0.307. The summed E-state index contributed by atoms with van der Waals surface area (Å²) in [7, 11) is 1.92. The summed E-state index contributed by atoms with van der Waals surface area (Å²) in [4.78, 5) is 0. The van der Waals surface area contributed by atoms with Gasteiger partial charge < -0.3 is 0 Å². The normalized spacial score (nSPS) is 10.5. The van der Waals surface area contributed by atoms with Gasteiger partial charge in [0, 0.05) is 45.7 Å². The van der Waals surface area contributed by atoms with E-state index in [1.807, 2.05) is 73.0 Å². The molecule has 0 saturated heterocycles. The Balaban J connectivity index is 0.000000166. The third kappa shape index (κ3) is 5.80. The monoisotopic (exact) mass is 538 g/mol. The van der Waals surface area contributed by atoms with Gasteiger partial charge in [0.15, 0.2) is 0 Å². The molecule has 0 atom stereocenters. The lowest BCUT2D eigenvalue weighted by molar-refractivity contribution is 0.650. The third-order valence-corrected chi connectivity index (χ3v) is 5.64. The predicted octanol–water partition coefficient (Wildman–Crippen LogP) is 5.93. The maximum Gasteiger partial charge on any atom is 0.0850 e. The average molecular weight is 540 g/mol. The molecule has 156 valence electrons. The van der Waals surface area contributed by atoms with E-state index in [9.17, 15) is 0 Å². The minimum atomic E-state index is 0.692. The Hall–Kier alpha value is -2.97. The molecular formula is C23H20Br2N6. The molecule has 0 amide bonds.